The van der Waals surface area contributed by atoms with Crippen LogP contribution in [0.3, 0.4) is 0 Å². The number of hydrogen-bond donors (Lipinski definition) is 0. The zero-order valence-electron chi connectivity index (χ0n) is 51.2. The first-order valence-electron chi connectivity index (χ1n) is 29.9. The highest BCUT2D eigenvalue weighted by Crippen LogP contribution is 2.63. The molecule has 458 valence electrons. The number of methoxy groups -OCH3 is 2. The van der Waals surface area contributed by atoms with Crippen molar-refractivity contribution in [2.24, 2.45) is 0 Å². The maximum Gasteiger partial charge on any atom is 0.336 e. The molecule has 6 aromatic rings. The first-order valence-corrected chi connectivity index (χ1v) is 29.9. The van der Waals surface area contributed by atoms with E-state index in [1.54, 1.807) is 32.4 Å². The summed E-state index contributed by atoms with van der Waals surface area (Å²) >= 11 is 0. The molecule has 1 spiro atoms. The van der Waals surface area contributed by atoms with Gasteiger partial charge < -0.3 is 42.9 Å². The third kappa shape index (κ3) is 18.0. The number of ether oxygens (including phenoxy) is 7. The van der Waals surface area contributed by atoms with Crippen molar-refractivity contribution in [3.8, 4) is 40.2 Å². The molecule has 0 aliphatic heterocycles. The average Bonchev–Trinajstić information content (AvgIpc) is 1.58. The van der Waals surface area contributed by atoms with Crippen molar-refractivity contribution >= 4 is 30.1 Å². The van der Waals surface area contributed by atoms with Crippen molar-refractivity contribution in [1.29, 1.82) is 0 Å². The molecular formula is C73H82O14. The highest BCUT2D eigenvalue weighted by molar-refractivity contribution is 5.89. The first-order chi connectivity index (χ1) is 42.1. The van der Waals surface area contributed by atoms with Gasteiger partial charge >= 0.3 is 17.9 Å². The largest absolute Gasteiger partial charge is 0.496 e. The average molecular weight is 1180 g/mol. The summed E-state index contributed by atoms with van der Waals surface area (Å²) in [6.45, 7) is 18.4. The second-order valence-corrected chi connectivity index (χ2v) is 23.2. The zero-order valence-corrected chi connectivity index (χ0v) is 51.2. The van der Waals surface area contributed by atoms with Crippen LogP contribution < -0.4 is 33.5 Å². The highest BCUT2D eigenvalue weighted by atomic mass is 17.2. The van der Waals surface area contributed by atoms with Crippen LogP contribution in [0.5, 0.6) is 40.2 Å². The molecule has 0 fully saturated rings. The van der Waals surface area contributed by atoms with E-state index in [4.69, 9.17) is 52.7 Å². The van der Waals surface area contributed by atoms with Crippen LogP contribution in [-0.2, 0) is 62.9 Å². The molecule has 0 amide bonds. The van der Waals surface area contributed by atoms with Crippen molar-refractivity contribution in [1.82, 2.24) is 0 Å². The molecule has 2 aliphatic carbocycles. The lowest BCUT2D eigenvalue weighted by Gasteiger charge is -2.30. The normalized spacial score (nSPS) is 15.1. The summed E-state index contributed by atoms with van der Waals surface area (Å²) in [4.78, 5) is 58.8. The molecule has 0 N–H and O–H groups in total. The second kappa shape index (κ2) is 31.2. The number of unbranched alkanes of at least 4 members (excludes halogenated alkanes) is 6. The minimum atomic E-state index is -0.491. The molecule has 0 saturated carbocycles. The number of fused-ring (bicyclic) bond motifs is 4. The van der Waals surface area contributed by atoms with Gasteiger partial charge in [-0.15, -0.1) is 0 Å². The Morgan fingerprint density at radius 3 is 1.53 bits per heavy atom. The van der Waals surface area contributed by atoms with E-state index in [2.05, 4.69) is 77.3 Å². The summed E-state index contributed by atoms with van der Waals surface area (Å²) < 4.78 is 39.4. The summed E-state index contributed by atoms with van der Waals surface area (Å²) in [5, 5.41) is 0. The zero-order chi connectivity index (χ0) is 61.7. The lowest BCUT2D eigenvalue weighted by Crippen LogP contribution is -2.27. The molecule has 0 bridgehead atoms. The summed E-state index contributed by atoms with van der Waals surface area (Å²) in [5.41, 5.74) is 8.86. The van der Waals surface area contributed by atoms with Gasteiger partial charge in [-0.05, 0) is 193 Å². The van der Waals surface area contributed by atoms with Crippen LogP contribution in [0.1, 0.15) is 142 Å². The fraction of sp³-hybridized carbons (Fsp3) is 0.356. The van der Waals surface area contributed by atoms with Gasteiger partial charge in [-0.1, -0.05) is 102 Å². The Labute approximate surface area is 512 Å². The Balaban J connectivity index is 0.806. The third-order valence-electron chi connectivity index (χ3n) is 15.8. The molecule has 0 saturated heterocycles. The Morgan fingerprint density at radius 2 is 0.943 bits per heavy atom. The molecule has 0 heterocycles. The van der Waals surface area contributed by atoms with E-state index in [0.29, 0.717) is 61.6 Å². The van der Waals surface area contributed by atoms with Crippen LogP contribution in [0.4, 0.5) is 0 Å². The molecule has 14 nitrogen and oxygen atoms in total. The lowest BCUT2D eigenvalue weighted by atomic mass is 9.72. The van der Waals surface area contributed by atoms with Crippen molar-refractivity contribution in [2.75, 3.05) is 47.3 Å². The van der Waals surface area contributed by atoms with Gasteiger partial charge in [0.05, 0.1) is 40.6 Å². The van der Waals surface area contributed by atoms with Gasteiger partial charge in [0.1, 0.15) is 42.0 Å². The monoisotopic (exact) mass is 1180 g/mol. The predicted molar refractivity (Wildman–Crippen MR) is 337 cm³/mol. The maximum atomic E-state index is 13.5. The van der Waals surface area contributed by atoms with E-state index in [1.165, 1.54) is 34.9 Å². The smallest absolute Gasteiger partial charge is 0.336 e. The number of benzene rings is 6. The van der Waals surface area contributed by atoms with Crippen LogP contribution >= 0.6 is 0 Å². The predicted octanol–water partition coefficient (Wildman–Crippen LogP) is 15.4. The van der Waals surface area contributed by atoms with Gasteiger partial charge in [-0.3, -0.25) is 0 Å². The maximum absolute atomic E-state index is 13.5. The van der Waals surface area contributed by atoms with Gasteiger partial charge in [0.25, 0.3) is 0 Å². The molecule has 14 heteroatoms. The molecule has 6 aromatic carbocycles. The summed E-state index contributed by atoms with van der Waals surface area (Å²) in [6, 6.07) is 39.5. The number of rotatable bonds is 34. The highest BCUT2D eigenvalue weighted by Gasteiger charge is 2.56. The minimum absolute atomic E-state index is 0.142. The molecule has 87 heavy (non-hydrogen) atoms. The van der Waals surface area contributed by atoms with Crippen molar-refractivity contribution in [3.05, 3.63) is 209 Å². The van der Waals surface area contributed by atoms with Crippen molar-refractivity contribution in [3.63, 3.8) is 0 Å². The number of hydrogen-bond acceptors (Lipinski definition) is 14. The molecule has 1 atom stereocenters. The van der Waals surface area contributed by atoms with Crippen molar-refractivity contribution < 1.29 is 67.1 Å². The number of carbonyl (C=O) groups excluding carboxylic acids is 3. The van der Waals surface area contributed by atoms with E-state index < -0.39 is 5.97 Å². The van der Waals surface area contributed by atoms with E-state index in [-0.39, 0.29) is 41.4 Å². The first kappa shape index (κ1) is 64.4. The lowest BCUT2D eigenvalue weighted by molar-refractivity contribution is -0.217. The SMILES string of the molecule is C=CC(=O)OCCCCCCOc1ccc(COOc2ccc(/C=C/COOc3ccc4c(c3)C3(CC4(C)C)CC(C)(C)c4ccc(OC(=O)/C=C/c5ccc(Cc6ccc(OCCCCCCOC(=O)C=C)cc6)cc5OC)cc43)c(OC)c2)cc1. The van der Waals surface area contributed by atoms with E-state index in [9.17, 15) is 14.4 Å². The molecule has 8 rings (SSSR count). The topological polar surface area (TPSA) is 153 Å². The molecule has 0 radical (unpaired) electrons. The van der Waals surface area contributed by atoms with E-state index >= 15 is 0 Å². The number of esters is 3. The van der Waals surface area contributed by atoms with Crippen LogP contribution in [0, 0.1) is 0 Å². The summed E-state index contributed by atoms with van der Waals surface area (Å²) in [6.07, 6.45) is 19.1. The van der Waals surface area contributed by atoms with Crippen LogP contribution in [0.25, 0.3) is 12.2 Å². The third-order valence-corrected chi connectivity index (χ3v) is 15.8. The fourth-order valence-electron chi connectivity index (χ4n) is 11.7. The van der Waals surface area contributed by atoms with E-state index in [0.717, 1.165) is 109 Å². The molecule has 1 unspecified atom stereocenters. The van der Waals surface area contributed by atoms with E-state index in [1.807, 2.05) is 84.9 Å². The Kier molecular flexibility index (Phi) is 23.1. The number of carbonyl (C=O) groups is 3. The Hall–Kier alpha value is -8.59. The van der Waals surface area contributed by atoms with Gasteiger partial charge in [-0.2, -0.15) is 9.78 Å². The molecular weight excluding hydrogens is 1100 g/mol. The summed E-state index contributed by atoms with van der Waals surface area (Å²) in [5.74, 6) is 3.15. The molecule has 0 aromatic heterocycles. The van der Waals surface area contributed by atoms with Gasteiger partial charge in [-0.25, -0.2) is 14.4 Å². The van der Waals surface area contributed by atoms with Gasteiger partial charge in [0, 0.05) is 40.8 Å². The standard InChI is InChI=1S/C73H82O14/c1-9-68(74)81-41-17-13-11-15-39-79-57-29-22-52(23-30-57)44-54-21-26-56(66(45-54)77-7)28-38-70(76)85-59-34-36-62-64(46-59)73(50-71(62,3)4)51-72(5,6)63-37-35-60(47-65(63)73)86-83-43-19-20-55-27-33-61(48-67(55)78-8)87-84-49-53-24-31-58(32-25-53)80-40-16-12-14-18-42-82-69(75)10-2/h9-10,19-38,45-48H,1-2,11-18,39-44,49-51H2,3-8H3/b20-19+,38-28+. The van der Waals surface area contributed by atoms with Crippen LogP contribution in [-0.4, -0.2) is 65.2 Å². The van der Waals surface area contributed by atoms with Crippen molar-refractivity contribution in [2.45, 2.75) is 121 Å². The van der Waals surface area contributed by atoms with Gasteiger partial charge in [0.15, 0.2) is 11.5 Å². The second-order valence-electron chi connectivity index (χ2n) is 23.2. The van der Waals surface area contributed by atoms with Crippen LogP contribution in [0.15, 0.2) is 159 Å². The fourth-order valence-corrected chi connectivity index (χ4v) is 11.7. The quantitative estimate of drug-likeness (QED) is 0.00940. The molecule has 2 aliphatic rings. The van der Waals surface area contributed by atoms with Crippen LogP contribution in [0.2, 0.25) is 0 Å². The Bertz CT molecular complexity index is 3350. The summed E-state index contributed by atoms with van der Waals surface area (Å²) in [7, 11) is 3.23. The minimum Gasteiger partial charge on any atom is -0.496 e. The Morgan fingerprint density at radius 1 is 0.471 bits per heavy atom. The van der Waals surface area contributed by atoms with Gasteiger partial charge in [0.2, 0.25) is 0 Å².